The summed E-state index contributed by atoms with van der Waals surface area (Å²) in [6.07, 6.45) is -0.0241. The van der Waals surface area contributed by atoms with Gasteiger partial charge in [0.1, 0.15) is 17.1 Å². The van der Waals surface area contributed by atoms with Gasteiger partial charge in [-0.25, -0.2) is 4.79 Å². The fourth-order valence-electron chi connectivity index (χ4n) is 1.88. The fourth-order valence-corrected chi connectivity index (χ4v) is 1.88. The lowest BCUT2D eigenvalue weighted by molar-refractivity contribution is 0.0665. The zero-order valence-corrected chi connectivity index (χ0v) is 14.5. The molecule has 0 radical (unpaired) electrons. The van der Waals surface area contributed by atoms with Gasteiger partial charge in [0, 0.05) is 18.2 Å². The Bertz CT molecular complexity index is 646. The highest BCUT2D eigenvalue weighted by Crippen LogP contribution is 2.34. The van der Waals surface area contributed by atoms with Crippen molar-refractivity contribution in [2.45, 2.75) is 39.9 Å². The third kappa shape index (κ3) is 5.49. The molecule has 2 N–H and O–H groups in total. The molecule has 0 saturated carbocycles. The van der Waals surface area contributed by atoms with Crippen LogP contribution in [0.5, 0.6) is 11.5 Å². The van der Waals surface area contributed by atoms with Crippen molar-refractivity contribution >= 4 is 16.9 Å². The second kappa shape index (κ2) is 8.43. The molecule has 1 aromatic heterocycles. The summed E-state index contributed by atoms with van der Waals surface area (Å²) in [5.74, 6) is -0.0721. The Hall–Kier alpha value is -2.21. The molecule has 0 unspecified atom stereocenters. The number of carbonyl (C=O) groups is 1. The van der Waals surface area contributed by atoms with Crippen molar-refractivity contribution in [2.75, 3.05) is 14.1 Å². The molecule has 0 spiro atoms. The maximum absolute atomic E-state index is 11.0. The third-order valence-corrected chi connectivity index (χ3v) is 2.52. The molecule has 128 valence electrons. The van der Waals surface area contributed by atoms with Gasteiger partial charge in [0.15, 0.2) is 0 Å². The highest BCUT2D eigenvalue weighted by Gasteiger charge is 2.16. The lowest BCUT2D eigenvalue weighted by Gasteiger charge is -2.14. The summed E-state index contributed by atoms with van der Waals surface area (Å²) in [6.45, 7) is 7.63. The normalized spacial score (nSPS) is 10.6. The molecule has 0 aliphatic heterocycles. The second-order valence-corrected chi connectivity index (χ2v) is 5.58. The molecule has 0 amide bonds. The van der Waals surface area contributed by atoms with Gasteiger partial charge in [0.25, 0.3) is 0 Å². The van der Waals surface area contributed by atoms with Crippen LogP contribution in [0.25, 0.3) is 11.0 Å². The molecule has 0 saturated heterocycles. The minimum Gasteiger partial charge on any atom is -0.491 e. The number of carboxylic acid groups (broad SMARTS) is 1. The SMILES string of the molecule is CC(C)Oc1cc(OC(C)C)c2cc(C(=O)O)oc2c1.CNC. The number of nitrogens with one attached hydrogen (secondary N) is 1. The van der Waals surface area contributed by atoms with E-state index in [0.29, 0.717) is 22.5 Å². The predicted octanol–water partition coefficient (Wildman–Crippen LogP) is 3.54. The van der Waals surface area contributed by atoms with Crippen LogP contribution in [0.2, 0.25) is 0 Å². The van der Waals surface area contributed by atoms with E-state index in [1.807, 2.05) is 41.8 Å². The summed E-state index contributed by atoms with van der Waals surface area (Å²) in [5.41, 5.74) is 0.441. The van der Waals surface area contributed by atoms with E-state index in [4.69, 9.17) is 19.0 Å². The molecule has 0 atom stereocenters. The van der Waals surface area contributed by atoms with E-state index in [1.54, 1.807) is 12.1 Å². The summed E-state index contributed by atoms with van der Waals surface area (Å²) in [4.78, 5) is 11.0. The summed E-state index contributed by atoms with van der Waals surface area (Å²) >= 11 is 0. The number of benzene rings is 1. The Morgan fingerprint density at radius 2 is 1.65 bits per heavy atom. The second-order valence-electron chi connectivity index (χ2n) is 5.58. The highest BCUT2D eigenvalue weighted by atomic mass is 16.5. The van der Waals surface area contributed by atoms with Gasteiger partial charge in [0.05, 0.1) is 17.6 Å². The number of hydrogen-bond donors (Lipinski definition) is 2. The summed E-state index contributed by atoms with van der Waals surface area (Å²) in [5, 5.41) is 12.4. The third-order valence-electron chi connectivity index (χ3n) is 2.52. The molecule has 0 aliphatic carbocycles. The number of ether oxygens (including phenoxy) is 2. The number of hydrogen-bond acceptors (Lipinski definition) is 5. The Kier molecular flexibility index (Phi) is 6.90. The molecule has 23 heavy (non-hydrogen) atoms. The minimum atomic E-state index is -1.11. The van der Waals surface area contributed by atoms with Crippen molar-refractivity contribution in [3.63, 3.8) is 0 Å². The standard InChI is InChI=1S/C15H18O5.C2H7N/c1-8(2)18-10-5-12(19-9(3)4)11-7-14(15(16)17)20-13(11)6-10;1-3-2/h5-9H,1-4H3,(H,16,17);3H,1-2H3. The van der Waals surface area contributed by atoms with Gasteiger partial charge < -0.3 is 24.3 Å². The van der Waals surface area contributed by atoms with Crippen LogP contribution in [0.1, 0.15) is 38.2 Å². The maximum Gasteiger partial charge on any atom is 0.371 e. The predicted molar refractivity (Wildman–Crippen MR) is 89.7 cm³/mol. The molecule has 0 fully saturated rings. The minimum absolute atomic E-state index is 0.00764. The molecule has 2 aromatic rings. The first kappa shape index (κ1) is 18.8. The van der Waals surface area contributed by atoms with Crippen molar-refractivity contribution < 1.29 is 23.8 Å². The van der Waals surface area contributed by atoms with Crippen LogP contribution in [0.4, 0.5) is 0 Å². The number of carboxylic acids is 1. The van der Waals surface area contributed by atoms with Crippen LogP contribution in [-0.4, -0.2) is 37.4 Å². The maximum atomic E-state index is 11.0. The Morgan fingerprint density at radius 3 is 2.13 bits per heavy atom. The lowest BCUT2D eigenvalue weighted by atomic mass is 10.2. The van der Waals surface area contributed by atoms with Crippen LogP contribution >= 0.6 is 0 Å². The van der Waals surface area contributed by atoms with Gasteiger partial charge in [-0.2, -0.15) is 0 Å². The van der Waals surface area contributed by atoms with Gasteiger partial charge in [-0.1, -0.05) is 0 Å². The first-order valence-corrected chi connectivity index (χ1v) is 7.51. The first-order valence-electron chi connectivity index (χ1n) is 7.51. The molecule has 1 aromatic carbocycles. The van der Waals surface area contributed by atoms with Gasteiger partial charge in [-0.05, 0) is 41.8 Å². The summed E-state index contributed by atoms with van der Waals surface area (Å²) < 4.78 is 16.7. The smallest absolute Gasteiger partial charge is 0.371 e. The molecular weight excluding hydrogens is 298 g/mol. The van der Waals surface area contributed by atoms with Crippen molar-refractivity contribution in [3.05, 3.63) is 24.0 Å². The van der Waals surface area contributed by atoms with Crippen molar-refractivity contribution in [1.29, 1.82) is 0 Å². The summed E-state index contributed by atoms with van der Waals surface area (Å²) in [6, 6.07) is 4.90. The largest absolute Gasteiger partial charge is 0.491 e. The van der Waals surface area contributed by atoms with Gasteiger partial charge in [0.2, 0.25) is 5.76 Å². The molecule has 1 heterocycles. The van der Waals surface area contributed by atoms with E-state index in [2.05, 4.69) is 5.32 Å². The number of fused-ring (bicyclic) bond motifs is 1. The van der Waals surface area contributed by atoms with Gasteiger partial charge in [-0.15, -0.1) is 0 Å². The summed E-state index contributed by atoms with van der Waals surface area (Å²) in [7, 11) is 3.75. The highest BCUT2D eigenvalue weighted by molar-refractivity contribution is 5.94. The van der Waals surface area contributed by atoms with Crippen molar-refractivity contribution in [1.82, 2.24) is 5.32 Å². The molecule has 2 rings (SSSR count). The zero-order chi connectivity index (χ0) is 17.6. The van der Waals surface area contributed by atoms with Crippen LogP contribution in [0, 0.1) is 0 Å². The van der Waals surface area contributed by atoms with Crippen molar-refractivity contribution in [3.8, 4) is 11.5 Å². The monoisotopic (exact) mass is 323 g/mol. The molecule has 6 nitrogen and oxygen atoms in total. The van der Waals surface area contributed by atoms with E-state index in [-0.39, 0.29) is 18.0 Å². The molecule has 6 heteroatoms. The zero-order valence-electron chi connectivity index (χ0n) is 14.5. The molecule has 0 bridgehead atoms. The van der Waals surface area contributed by atoms with Crippen LogP contribution in [-0.2, 0) is 0 Å². The Morgan fingerprint density at radius 1 is 1.09 bits per heavy atom. The van der Waals surface area contributed by atoms with Crippen LogP contribution < -0.4 is 14.8 Å². The van der Waals surface area contributed by atoms with Crippen LogP contribution in [0.15, 0.2) is 22.6 Å². The van der Waals surface area contributed by atoms with Crippen molar-refractivity contribution in [2.24, 2.45) is 0 Å². The number of furan rings is 1. The van der Waals surface area contributed by atoms with E-state index in [9.17, 15) is 4.79 Å². The fraction of sp³-hybridized carbons (Fsp3) is 0.471. The topological polar surface area (TPSA) is 80.9 Å². The molecule has 0 aliphatic rings. The molecular formula is C17H25NO5. The average molecular weight is 323 g/mol. The van der Waals surface area contributed by atoms with E-state index < -0.39 is 5.97 Å². The van der Waals surface area contributed by atoms with E-state index in [1.165, 1.54) is 6.07 Å². The number of aromatic carboxylic acids is 1. The van der Waals surface area contributed by atoms with E-state index in [0.717, 1.165) is 0 Å². The Labute approximate surface area is 136 Å². The average Bonchev–Trinajstić information content (AvgIpc) is 2.82. The van der Waals surface area contributed by atoms with Gasteiger partial charge >= 0.3 is 5.97 Å². The lowest BCUT2D eigenvalue weighted by Crippen LogP contribution is -2.08. The van der Waals surface area contributed by atoms with Crippen LogP contribution in [0.3, 0.4) is 0 Å². The Balaban J connectivity index is 0.000000816. The number of rotatable bonds is 5. The quantitative estimate of drug-likeness (QED) is 0.876. The first-order chi connectivity index (χ1) is 10.8. The van der Waals surface area contributed by atoms with Gasteiger partial charge in [-0.3, -0.25) is 0 Å². The van der Waals surface area contributed by atoms with E-state index >= 15 is 0 Å².